The largest absolute Gasteiger partial charge is 0.366 e. The van der Waals surface area contributed by atoms with Gasteiger partial charge in [-0.3, -0.25) is 14.9 Å². The third kappa shape index (κ3) is 4.57. The molecule has 4 N–H and O–H groups in total. The molecule has 0 aliphatic heterocycles. The van der Waals surface area contributed by atoms with Gasteiger partial charge in [-0.1, -0.05) is 29.8 Å². The van der Waals surface area contributed by atoms with Crippen LogP contribution < -0.4 is 16.4 Å². The van der Waals surface area contributed by atoms with Crippen molar-refractivity contribution >= 4 is 29.1 Å². The first kappa shape index (κ1) is 18.0. The summed E-state index contributed by atoms with van der Waals surface area (Å²) in [6.45, 7) is 3.73. The first-order valence-corrected chi connectivity index (χ1v) is 7.97. The van der Waals surface area contributed by atoms with E-state index in [9.17, 15) is 9.59 Å². The van der Waals surface area contributed by atoms with Crippen LogP contribution in [0.4, 0.5) is 5.69 Å². The Kier molecular flexibility index (Phi) is 5.95. The van der Waals surface area contributed by atoms with Crippen molar-refractivity contribution in [1.82, 2.24) is 5.32 Å². The lowest BCUT2D eigenvalue weighted by molar-refractivity contribution is -0.117. The fraction of sp³-hybridized carbons (Fsp3) is 0.222. The molecule has 2 rings (SSSR count). The molecule has 0 saturated heterocycles. The van der Waals surface area contributed by atoms with Crippen LogP contribution in [0.5, 0.6) is 0 Å². The van der Waals surface area contributed by atoms with Gasteiger partial charge in [0, 0.05) is 22.3 Å². The van der Waals surface area contributed by atoms with Crippen LogP contribution >= 0.6 is 11.6 Å². The number of carbonyl (C=O) groups excluding carboxylic acids is 2. The van der Waals surface area contributed by atoms with Crippen LogP contribution in [0.1, 0.15) is 35.8 Å². The molecule has 2 amide bonds. The Morgan fingerprint density at radius 3 is 2.25 bits per heavy atom. The van der Waals surface area contributed by atoms with Gasteiger partial charge in [-0.05, 0) is 49.7 Å². The van der Waals surface area contributed by atoms with Crippen molar-refractivity contribution in [2.75, 3.05) is 5.32 Å². The maximum absolute atomic E-state index is 12.3. The van der Waals surface area contributed by atoms with Gasteiger partial charge >= 0.3 is 0 Å². The summed E-state index contributed by atoms with van der Waals surface area (Å²) in [5, 5.41) is 6.67. The smallest absolute Gasteiger partial charge is 0.248 e. The maximum atomic E-state index is 12.3. The molecule has 0 heterocycles. The normalized spacial score (nSPS) is 13.1. The second-order valence-electron chi connectivity index (χ2n) is 5.56. The highest BCUT2D eigenvalue weighted by Crippen LogP contribution is 2.22. The standard InChI is InChI=1S/C18H20ClN3O2/c1-11(15-5-3-4-6-16(15)19)21-12(2)18(24)22-14-9-7-13(8-10-14)17(20)23/h3-12,21H,1-2H3,(H2,20,23)(H,22,24)/t11-,12+/m1/s1. The van der Waals surface area contributed by atoms with E-state index in [2.05, 4.69) is 10.6 Å². The average Bonchev–Trinajstić information content (AvgIpc) is 2.55. The van der Waals surface area contributed by atoms with Gasteiger partial charge in [0.1, 0.15) is 0 Å². The number of anilines is 1. The molecule has 126 valence electrons. The highest BCUT2D eigenvalue weighted by molar-refractivity contribution is 6.31. The number of benzene rings is 2. The summed E-state index contributed by atoms with van der Waals surface area (Å²) in [5.74, 6) is -0.683. The van der Waals surface area contributed by atoms with Gasteiger partial charge in [0.25, 0.3) is 0 Å². The molecular formula is C18H20ClN3O2. The molecule has 0 saturated carbocycles. The molecule has 0 radical (unpaired) electrons. The number of rotatable bonds is 6. The van der Waals surface area contributed by atoms with Gasteiger partial charge in [0.15, 0.2) is 0 Å². The van der Waals surface area contributed by atoms with Crippen LogP contribution in [0.2, 0.25) is 5.02 Å². The van der Waals surface area contributed by atoms with Gasteiger partial charge in [-0.25, -0.2) is 0 Å². The minimum atomic E-state index is -0.503. The highest BCUT2D eigenvalue weighted by Gasteiger charge is 2.17. The predicted octanol–water partition coefficient (Wildman–Crippen LogP) is 3.12. The lowest BCUT2D eigenvalue weighted by Gasteiger charge is -2.21. The summed E-state index contributed by atoms with van der Waals surface area (Å²) in [5.41, 5.74) is 7.12. The van der Waals surface area contributed by atoms with Gasteiger partial charge in [-0.15, -0.1) is 0 Å². The van der Waals surface area contributed by atoms with Crippen LogP contribution in [0.25, 0.3) is 0 Å². The number of hydrogen-bond donors (Lipinski definition) is 3. The van der Waals surface area contributed by atoms with Crippen molar-refractivity contribution in [3.8, 4) is 0 Å². The molecule has 0 aliphatic rings. The molecule has 6 heteroatoms. The van der Waals surface area contributed by atoms with E-state index in [4.69, 9.17) is 17.3 Å². The molecule has 24 heavy (non-hydrogen) atoms. The lowest BCUT2D eigenvalue weighted by Crippen LogP contribution is -2.39. The quantitative estimate of drug-likeness (QED) is 0.752. The Balaban J connectivity index is 1.97. The van der Waals surface area contributed by atoms with Crippen molar-refractivity contribution in [1.29, 1.82) is 0 Å². The number of amides is 2. The van der Waals surface area contributed by atoms with E-state index in [0.717, 1.165) is 5.56 Å². The van der Waals surface area contributed by atoms with E-state index < -0.39 is 11.9 Å². The van der Waals surface area contributed by atoms with E-state index in [1.807, 2.05) is 31.2 Å². The zero-order valence-electron chi connectivity index (χ0n) is 13.5. The molecule has 2 aromatic carbocycles. The lowest BCUT2D eigenvalue weighted by atomic mass is 10.1. The summed E-state index contributed by atoms with van der Waals surface area (Å²) in [7, 11) is 0. The van der Waals surface area contributed by atoms with Crippen LogP contribution in [-0.4, -0.2) is 17.9 Å². The maximum Gasteiger partial charge on any atom is 0.248 e. The number of primary amides is 1. The number of nitrogens with two attached hydrogens (primary N) is 1. The fourth-order valence-corrected chi connectivity index (χ4v) is 2.63. The van der Waals surface area contributed by atoms with Gasteiger partial charge in [-0.2, -0.15) is 0 Å². The third-order valence-electron chi connectivity index (χ3n) is 3.70. The van der Waals surface area contributed by atoms with Crippen LogP contribution in [-0.2, 0) is 4.79 Å². The molecule has 0 bridgehead atoms. The highest BCUT2D eigenvalue weighted by atomic mass is 35.5. The Hall–Kier alpha value is -2.37. The molecule has 0 fully saturated rings. The molecular weight excluding hydrogens is 326 g/mol. The molecule has 0 aromatic heterocycles. The fourth-order valence-electron chi connectivity index (χ4n) is 2.34. The Labute approximate surface area is 146 Å². The van der Waals surface area contributed by atoms with Crippen molar-refractivity contribution < 1.29 is 9.59 Å². The Morgan fingerprint density at radius 1 is 1.04 bits per heavy atom. The molecule has 5 nitrogen and oxygen atoms in total. The first-order chi connectivity index (χ1) is 11.4. The predicted molar refractivity (Wildman–Crippen MR) is 96.1 cm³/mol. The van der Waals surface area contributed by atoms with Crippen LogP contribution in [0, 0.1) is 0 Å². The topological polar surface area (TPSA) is 84.2 Å². The molecule has 0 spiro atoms. The van der Waals surface area contributed by atoms with E-state index in [-0.39, 0.29) is 11.9 Å². The van der Waals surface area contributed by atoms with Crippen LogP contribution in [0.15, 0.2) is 48.5 Å². The zero-order chi connectivity index (χ0) is 17.7. The Bertz CT molecular complexity index is 731. The van der Waals surface area contributed by atoms with Crippen molar-refractivity contribution in [3.05, 3.63) is 64.7 Å². The van der Waals surface area contributed by atoms with E-state index in [1.54, 1.807) is 31.2 Å². The van der Waals surface area contributed by atoms with Crippen molar-refractivity contribution in [2.24, 2.45) is 5.73 Å². The minimum Gasteiger partial charge on any atom is -0.366 e. The summed E-state index contributed by atoms with van der Waals surface area (Å²) in [4.78, 5) is 23.3. The average molecular weight is 346 g/mol. The van der Waals surface area contributed by atoms with Crippen molar-refractivity contribution in [2.45, 2.75) is 25.9 Å². The SMILES string of the molecule is C[C@H](N[C@H](C)c1ccccc1Cl)C(=O)Nc1ccc(C(N)=O)cc1. The van der Waals surface area contributed by atoms with Gasteiger partial charge in [0.05, 0.1) is 6.04 Å². The first-order valence-electron chi connectivity index (χ1n) is 7.59. The minimum absolute atomic E-state index is 0.0725. The summed E-state index contributed by atoms with van der Waals surface area (Å²) < 4.78 is 0. The van der Waals surface area contributed by atoms with E-state index in [1.165, 1.54) is 0 Å². The van der Waals surface area contributed by atoms with E-state index >= 15 is 0 Å². The molecule has 0 aliphatic carbocycles. The third-order valence-corrected chi connectivity index (χ3v) is 4.05. The summed E-state index contributed by atoms with van der Waals surface area (Å²) >= 11 is 6.17. The molecule has 0 unspecified atom stereocenters. The second kappa shape index (κ2) is 7.95. The number of hydrogen-bond acceptors (Lipinski definition) is 3. The monoisotopic (exact) mass is 345 g/mol. The number of nitrogens with one attached hydrogen (secondary N) is 2. The number of carbonyl (C=O) groups is 2. The van der Waals surface area contributed by atoms with E-state index in [0.29, 0.717) is 16.3 Å². The zero-order valence-corrected chi connectivity index (χ0v) is 14.3. The summed E-state index contributed by atoms with van der Waals surface area (Å²) in [6.07, 6.45) is 0. The number of halogens is 1. The van der Waals surface area contributed by atoms with Crippen molar-refractivity contribution in [3.63, 3.8) is 0 Å². The molecule has 2 aromatic rings. The van der Waals surface area contributed by atoms with Gasteiger partial charge < -0.3 is 11.1 Å². The van der Waals surface area contributed by atoms with Crippen LogP contribution in [0.3, 0.4) is 0 Å². The van der Waals surface area contributed by atoms with Gasteiger partial charge in [0.2, 0.25) is 11.8 Å². The second-order valence-corrected chi connectivity index (χ2v) is 5.97. The Morgan fingerprint density at radius 2 is 1.67 bits per heavy atom. The summed E-state index contributed by atoms with van der Waals surface area (Å²) in [6, 6.07) is 13.4. The molecule has 2 atom stereocenters.